The summed E-state index contributed by atoms with van der Waals surface area (Å²) in [6, 6.07) is 11.3. The molecule has 0 spiro atoms. The molecule has 3 nitrogen and oxygen atoms in total. The van der Waals surface area contributed by atoms with Gasteiger partial charge in [-0.2, -0.15) is 5.26 Å². The molecule has 0 aliphatic rings. The number of fused-ring (bicyclic) bond motifs is 1. The molecule has 0 atom stereocenters. The highest BCUT2D eigenvalue weighted by atomic mass is 35.5. The summed E-state index contributed by atoms with van der Waals surface area (Å²) in [5.74, 6) is 0. The smallest absolute Gasteiger partial charge is 0.145 e. The van der Waals surface area contributed by atoms with E-state index in [1.165, 1.54) is 0 Å². The second-order valence-corrected chi connectivity index (χ2v) is 5.23. The van der Waals surface area contributed by atoms with E-state index in [1.54, 1.807) is 12.3 Å². The molecule has 0 bridgehead atoms. The summed E-state index contributed by atoms with van der Waals surface area (Å²) in [5, 5.41) is 11.2. The highest BCUT2D eigenvalue weighted by Crippen LogP contribution is 2.29. The van der Waals surface area contributed by atoms with Gasteiger partial charge in [-0.1, -0.05) is 29.3 Å². The Hall–Kier alpha value is -2.02. The van der Waals surface area contributed by atoms with Crippen LogP contribution >= 0.6 is 23.2 Å². The number of hydrogen-bond acceptors (Lipinski definition) is 2. The van der Waals surface area contributed by atoms with Crippen molar-refractivity contribution in [3.63, 3.8) is 0 Å². The molecule has 20 heavy (non-hydrogen) atoms. The fourth-order valence-corrected chi connectivity index (χ4v) is 2.75. The average molecular weight is 302 g/mol. The normalized spacial score (nSPS) is 10.7. The Bertz CT molecular complexity index is 831. The molecule has 3 aromatic rings. The van der Waals surface area contributed by atoms with Gasteiger partial charge in [-0.3, -0.25) is 0 Å². The maximum atomic E-state index is 9.08. The minimum Gasteiger partial charge on any atom is -0.343 e. The fourth-order valence-electron chi connectivity index (χ4n) is 2.21. The van der Waals surface area contributed by atoms with E-state index in [-0.39, 0.29) is 0 Å². The number of benzene rings is 1. The Balaban J connectivity index is 2.10. The van der Waals surface area contributed by atoms with Crippen LogP contribution in [0.5, 0.6) is 0 Å². The Morgan fingerprint density at radius 3 is 2.90 bits per heavy atom. The number of rotatable bonds is 2. The number of hydrogen-bond donors (Lipinski definition) is 0. The van der Waals surface area contributed by atoms with Gasteiger partial charge in [0, 0.05) is 28.4 Å². The summed E-state index contributed by atoms with van der Waals surface area (Å²) < 4.78 is 2.00. The molecule has 2 aromatic heterocycles. The first-order valence-electron chi connectivity index (χ1n) is 5.97. The maximum absolute atomic E-state index is 9.08. The van der Waals surface area contributed by atoms with Crippen LogP contribution in [0, 0.1) is 11.3 Å². The van der Waals surface area contributed by atoms with E-state index in [9.17, 15) is 0 Å². The van der Waals surface area contributed by atoms with E-state index in [1.807, 2.05) is 35.0 Å². The van der Waals surface area contributed by atoms with E-state index in [4.69, 9.17) is 28.5 Å². The van der Waals surface area contributed by atoms with Crippen molar-refractivity contribution < 1.29 is 0 Å². The van der Waals surface area contributed by atoms with Crippen molar-refractivity contribution in [2.24, 2.45) is 0 Å². The van der Waals surface area contributed by atoms with Gasteiger partial charge in [0.1, 0.15) is 11.8 Å². The average Bonchev–Trinajstić information content (AvgIpc) is 2.83. The lowest BCUT2D eigenvalue weighted by atomic mass is 10.2. The highest BCUT2D eigenvalue weighted by molar-refractivity contribution is 6.38. The second kappa shape index (κ2) is 5.16. The molecule has 2 heterocycles. The van der Waals surface area contributed by atoms with Gasteiger partial charge < -0.3 is 4.57 Å². The summed E-state index contributed by atoms with van der Waals surface area (Å²) in [6.45, 7) is 0.552. The van der Waals surface area contributed by atoms with Crippen molar-refractivity contribution in [2.75, 3.05) is 0 Å². The van der Waals surface area contributed by atoms with Crippen LogP contribution in [-0.4, -0.2) is 9.55 Å². The molecule has 0 aliphatic carbocycles. The molecular formula is C15H9Cl2N3. The van der Waals surface area contributed by atoms with Crippen LogP contribution in [0.1, 0.15) is 11.3 Å². The SMILES string of the molecule is N#Cc1ncccc1Cn1ccc2c(Cl)cc(Cl)cc21. The Kier molecular flexibility index (Phi) is 3.35. The Morgan fingerprint density at radius 2 is 2.10 bits per heavy atom. The zero-order valence-corrected chi connectivity index (χ0v) is 11.9. The van der Waals surface area contributed by atoms with Gasteiger partial charge >= 0.3 is 0 Å². The van der Waals surface area contributed by atoms with Crippen molar-refractivity contribution in [3.8, 4) is 6.07 Å². The van der Waals surface area contributed by atoms with Crippen molar-refractivity contribution in [3.05, 3.63) is 64.0 Å². The van der Waals surface area contributed by atoms with Gasteiger partial charge in [-0.25, -0.2) is 4.98 Å². The largest absolute Gasteiger partial charge is 0.343 e. The molecule has 0 fully saturated rings. The first-order valence-corrected chi connectivity index (χ1v) is 6.72. The number of nitrogens with zero attached hydrogens (tertiary/aromatic N) is 3. The summed E-state index contributed by atoms with van der Waals surface area (Å²) >= 11 is 12.2. The van der Waals surface area contributed by atoms with Gasteiger partial charge in [-0.05, 0) is 24.3 Å². The van der Waals surface area contributed by atoms with Crippen LogP contribution in [0.25, 0.3) is 10.9 Å². The molecule has 0 radical (unpaired) electrons. The molecule has 0 unspecified atom stereocenters. The predicted octanol–water partition coefficient (Wildman–Crippen LogP) is 4.26. The lowest BCUT2D eigenvalue weighted by Gasteiger charge is -2.07. The molecule has 3 rings (SSSR count). The van der Waals surface area contributed by atoms with Crippen LogP contribution in [-0.2, 0) is 6.54 Å². The van der Waals surface area contributed by atoms with E-state index >= 15 is 0 Å². The van der Waals surface area contributed by atoms with Gasteiger partial charge in [0.2, 0.25) is 0 Å². The molecule has 0 N–H and O–H groups in total. The Morgan fingerprint density at radius 1 is 1.25 bits per heavy atom. The van der Waals surface area contributed by atoms with Crippen molar-refractivity contribution in [1.29, 1.82) is 5.26 Å². The molecule has 1 aromatic carbocycles. The molecule has 98 valence electrons. The van der Waals surface area contributed by atoms with E-state index < -0.39 is 0 Å². The number of halogens is 2. The van der Waals surface area contributed by atoms with Gasteiger partial charge in [-0.15, -0.1) is 0 Å². The van der Waals surface area contributed by atoms with Crippen molar-refractivity contribution in [2.45, 2.75) is 6.54 Å². The second-order valence-electron chi connectivity index (χ2n) is 4.39. The third-order valence-corrected chi connectivity index (χ3v) is 3.67. The van der Waals surface area contributed by atoms with Crippen molar-refractivity contribution in [1.82, 2.24) is 9.55 Å². The molecule has 0 saturated carbocycles. The lowest BCUT2D eigenvalue weighted by Crippen LogP contribution is -2.01. The zero-order chi connectivity index (χ0) is 14.1. The van der Waals surface area contributed by atoms with E-state index in [0.717, 1.165) is 16.5 Å². The summed E-state index contributed by atoms with van der Waals surface area (Å²) in [6.07, 6.45) is 3.55. The fraction of sp³-hybridized carbons (Fsp3) is 0.0667. The van der Waals surface area contributed by atoms with Gasteiger partial charge in [0.15, 0.2) is 0 Å². The van der Waals surface area contributed by atoms with Gasteiger partial charge in [0.25, 0.3) is 0 Å². The first kappa shape index (κ1) is 13.0. The minimum absolute atomic E-state index is 0.433. The molecule has 0 aliphatic heterocycles. The third-order valence-electron chi connectivity index (χ3n) is 3.14. The summed E-state index contributed by atoms with van der Waals surface area (Å²) in [5.41, 5.74) is 2.24. The number of pyridine rings is 1. The molecule has 5 heteroatoms. The maximum Gasteiger partial charge on any atom is 0.145 e. The topological polar surface area (TPSA) is 41.6 Å². The van der Waals surface area contributed by atoms with Crippen LogP contribution in [0.2, 0.25) is 10.0 Å². The minimum atomic E-state index is 0.433. The standard InChI is InChI=1S/C15H9Cl2N3/c16-11-6-13(17)12-3-5-20(15(12)7-11)9-10-2-1-4-19-14(10)8-18/h1-7H,9H2. The molecule has 0 saturated heterocycles. The van der Waals surface area contributed by atoms with Crippen LogP contribution in [0.4, 0.5) is 0 Å². The van der Waals surface area contributed by atoms with E-state index in [0.29, 0.717) is 22.3 Å². The van der Waals surface area contributed by atoms with Crippen LogP contribution in [0.3, 0.4) is 0 Å². The quantitative estimate of drug-likeness (QED) is 0.709. The lowest BCUT2D eigenvalue weighted by molar-refractivity contribution is 0.828. The monoisotopic (exact) mass is 301 g/mol. The highest BCUT2D eigenvalue weighted by Gasteiger charge is 2.09. The van der Waals surface area contributed by atoms with E-state index in [2.05, 4.69) is 11.1 Å². The third kappa shape index (κ3) is 2.24. The zero-order valence-electron chi connectivity index (χ0n) is 10.3. The first-order chi connectivity index (χ1) is 9.69. The van der Waals surface area contributed by atoms with Crippen molar-refractivity contribution >= 4 is 34.1 Å². The molecule has 0 amide bonds. The molecular weight excluding hydrogens is 293 g/mol. The summed E-state index contributed by atoms with van der Waals surface area (Å²) in [4.78, 5) is 4.07. The van der Waals surface area contributed by atoms with Crippen LogP contribution < -0.4 is 0 Å². The predicted molar refractivity (Wildman–Crippen MR) is 80.0 cm³/mol. The summed E-state index contributed by atoms with van der Waals surface area (Å²) in [7, 11) is 0. The Labute approximate surface area is 126 Å². The number of nitriles is 1. The number of aromatic nitrogens is 2. The van der Waals surface area contributed by atoms with Crippen LogP contribution in [0.15, 0.2) is 42.7 Å². The van der Waals surface area contributed by atoms with Gasteiger partial charge in [0.05, 0.1) is 17.1 Å².